The van der Waals surface area contributed by atoms with Crippen LogP contribution in [0.5, 0.6) is 5.75 Å². The third kappa shape index (κ3) is 6.06. The molecule has 2 aliphatic carbocycles. The fourth-order valence-electron chi connectivity index (χ4n) is 5.14. The summed E-state index contributed by atoms with van der Waals surface area (Å²) in [5, 5.41) is 5.53. The maximum atomic E-state index is 15.0. The molecule has 3 aromatic rings. The number of halogens is 3. The number of alkyl halides is 3. The number of rotatable bonds is 10. The minimum Gasteiger partial charge on any atom is -0.493 e. The number of aromatic amines is 1. The first-order chi connectivity index (χ1) is 19.2. The summed E-state index contributed by atoms with van der Waals surface area (Å²) >= 11 is 0. The van der Waals surface area contributed by atoms with E-state index in [2.05, 4.69) is 25.6 Å². The smallest absolute Gasteiger partial charge is 0.263 e. The highest BCUT2D eigenvalue weighted by atomic mass is 19.3. The Morgan fingerprint density at radius 3 is 2.65 bits per heavy atom. The zero-order valence-corrected chi connectivity index (χ0v) is 22.3. The molecule has 2 saturated carbocycles. The van der Waals surface area contributed by atoms with Crippen LogP contribution in [0.4, 0.5) is 13.2 Å². The molecule has 3 N–H and O–H groups in total. The highest BCUT2D eigenvalue weighted by Crippen LogP contribution is 2.38. The Bertz CT molecular complexity index is 1390. The average Bonchev–Trinajstić information content (AvgIpc) is 3.68. The number of hydrogen-bond donors (Lipinski definition) is 3. The summed E-state index contributed by atoms with van der Waals surface area (Å²) < 4.78 is 53.0. The number of methoxy groups -OCH3 is 1. The molecule has 12 heteroatoms. The lowest BCUT2D eigenvalue weighted by molar-refractivity contribution is -0.125. The number of carbonyl (C=O) groups excluding carboxylic acids is 2. The standard InChI is InChI=1S/C28H32F3N5O4/c1-14-23(28(38)36-20-7-6-17(10-19(20)29)35-22(37)12-39-2)25-26(34-14)24(32-13-33-25)18-9-16(27(30)31)5-8-21(18)40-11-15-3-4-15/h5,8-9,13,15,17,19-20,27,34H,3-4,6-7,10-12H2,1-2H3,(H,35,37)(H,36,38)/t17-,19?,20-/m0/s1. The van der Waals surface area contributed by atoms with E-state index < -0.39 is 24.5 Å². The van der Waals surface area contributed by atoms with Crippen molar-refractivity contribution in [1.29, 1.82) is 0 Å². The van der Waals surface area contributed by atoms with Gasteiger partial charge in [0, 0.05) is 36.4 Å². The molecular formula is C28H32F3N5O4. The van der Waals surface area contributed by atoms with E-state index in [-0.39, 0.29) is 36.1 Å². The van der Waals surface area contributed by atoms with Crippen molar-refractivity contribution in [3.8, 4) is 17.0 Å². The van der Waals surface area contributed by atoms with E-state index >= 15 is 4.39 Å². The lowest BCUT2D eigenvalue weighted by Crippen LogP contribution is -2.50. The first-order valence-corrected chi connectivity index (χ1v) is 13.4. The minimum atomic E-state index is -2.68. The fourth-order valence-corrected chi connectivity index (χ4v) is 5.14. The maximum Gasteiger partial charge on any atom is 0.263 e. The van der Waals surface area contributed by atoms with Crippen molar-refractivity contribution in [3.05, 3.63) is 41.3 Å². The molecular weight excluding hydrogens is 527 g/mol. The lowest BCUT2D eigenvalue weighted by atomic mass is 9.89. The van der Waals surface area contributed by atoms with Gasteiger partial charge in [-0.15, -0.1) is 0 Å². The Morgan fingerprint density at radius 1 is 1.15 bits per heavy atom. The topological polar surface area (TPSA) is 118 Å². The van der Waals surface area contributed by atoms with Gasteiger partial charge in [0.25, 0.3) is 12.3 Å². The molecule has 214 valence electrons. The molecule has 5 rings (SSSR count). The van der Waals surface area contributed by atoms with E-state index in [1.807, 2.05) is 0 Å². The van der Waals surface area contributed by atoms with Crippen LogP contribution in [0, 0.1) is 12.8 Å². The Balaban J connectivity index is 1.39. The van der Waals surface area contributed by atoms with Crippen molar-refractivity contribution in [2.24, 2.45) is 5.92 Å². The van der Waals surface area contributed by atoms with Gasteiger partial charge in [-0.2, -0.15) is 0 Å². The van der Waals surface area contributed by atoms with Crippen molar-refractivity contribution < 1.29 is 32.2 Å². The fraction of sp³-hybridized carbons (Fsp3) is 0.500. The minimum absolute atomic E-state index is 0.0731. The van der Waals surface area contributed by atoms with Gasteiger partial charge in [0.05, 0.1) is 23.7 Å². The molecule has 40 heavy (non-hydrogen) atoms. The van der Waals surface area contributed by atoms with Gasteiger partial charge in [0.2, 0.25) is 5.91 Å². The van der Waals surface area contributed by atoms with Crippen LogP contribution in [0.3, 0.4) is 0 Å². The van der Waals surface area contributed by atoms with Crippen LogP contribution >= 0.6 is 0 Å². The van der Waals surface area contributed by atoms with Gasteiger partial charge in [0.15, 0.2) is 0 Å². The summed E-state index contributed by atoms with van der Waals surface area (Å²) in [7, 11) is 1.41. The second-order valence-corrected chi connectivity index (χ2v) is 10.5. The van der Waals surface area contributed by atoms with Gasteiger partial charge in [-0.1, -0.05) is 0 Å². The van der Waals surface area contributed by atoms with E-state index in [1.54, 1.807) is 6.92 Å². The predicted molar refractivity (Wildman–Crippen MR) is 141 cm³/mol. The molecule has 2 aliphatic rings. The van der Waals surface area contributed by atoms with E-state index in [4.69, 9.17) is 9.47 Å². The largest absolute Gasteiger partial charge is 0.493 e. The molecule has 9 nitrogen and oxygen atoms in total. The summed E-state index contributed by atoms with van der Waals surface area (Å²) in [6.45, 7) is 2.07. The number of ether oxygens (including phenoxy) is 2. The van der Waals surface area contributed by atoms with Crippen LogP contribution in [0.2, 0.25) is 0 Å². The van der Waals surface area contributed by atoms with E-state index in [0.717, 1.165) is 12.8 Å². The normalized spacial score (nSPS) is 21.0. The molecule has 2 heterocycles. The molecule has 0 bridgehead atoms. The van der Waals surface area contributed by atoms with Gasteiger partial charge in [-0.25, -0.2) is 23.1 Å². The lowest BCUT2D eigenvalue weighted by Gasteiger charge is -2.32. The number of benzene rings is 1. The highest BCUT2D eigenvalue weighted by Gasteiger charge is 2.34. The van der Waals surface area contributed by atoms with Crippen LogP contribution in [0.1, 0.15) is 60.1 Å². The number of amides is 2. The third-order valence-electron chi connectivity index (χ3n) is 7.41. The molecule has 1 aromatic carbocycles. The van der Waals surface area contributed by atoms with E-state index in [0.29, 0.717) is 59.1 Å². The second kappa shape index (κ2) is 11.8. The summed E-state index contributed by atoms with van der Waals surface area (Å²) in [5.41, 5.74) is 1.93. The SMILES string of the molecule is COCC(=O)N[C@H]1CC[C@H](NC(=O)c2c(C)[nH]c3c(-c4cc(C(F)F)ccc4OCC4CC4)ncnc23)C(F)C1. The molecule has 0 radical (unpaired) electrons. The molecule has 1 unspecified atom stereocenters. The molecule has 0 aliphatic heterocycles. The Labute approximate surface area is 229 Å². The summed E-state index contributed by atoms with van der Waals surface area (Å²) in [6, 6.07) is 3.13. The predicted octanol–water partition coefficient (Wildman–Crippen LogP) is 4.41. The van der Waals surface area contributed by atoms with Crippen LogP contribution in [0.15, 0.2) is 24.5 Å². The Kier molecular flexibility index (Phi) is 8.24. The van der Waals surface area contributed by atoms with Crippen molar-refractivity contribution in [2.45, 2.75) is 63.7 Å². The zero-order chi connectivity index (χ0) is 28.4. The van der Waals surface area contributed by atoms with Gasteiger partial charge < -0.3 is 25.1 Å². The van der Waals surface area contributed by atoms with Gasteiger partial charge >= 0.3 is 0 Å². The van der Waals surface area contributed by atoms with Crippen molar-refractivity contribution in [2.75, 3.05) is 20.3 Å². The number of aryl methyl sites for hydroxylation is 1. The van der Waals surface area contributed by atoms with Gasteiger partial charge in [-0.3, -0.25) is 9.59 Å². The van der Waals surface area contributed by atoms with Crippen LogP contribution < -0.4 is 15.4 Å². The Hall–Kier alpha value is -3.67. The number of fused-ring (bicyclic) bond motifs is 1. The monoisotopic (exact) mass is 559 g/mol. The number of carbonyl (C=O) groups is 2. The molecule has 0 spiro atoms. The van der Waals surface area contributed by atoms with Crippen LogP contribution in [0.25, 0.3) is 22.3 Å². The molecule has 2 amide bonds. The number of hydrogen-bond acceptors (Lipinski definition) is 6. The van der Waals surface area contributed by atoms with Crippen LogP contribution in [-0.4, -0.2) is 65.3 Å². The first-order valence-electron chi connectivity index (χ1n) is 13.4. The van der Waals surface area contributed by atoms with E-state index in [1.165, 1.54) is 31.6 Å². The molecule has 2 fully saturated rings. The average molecular weight is 560 g/mol. The third-order valence-corrected chi connectivity index (χ3v) is 7.41. The van der Waals surface area contributed by atoms with Crippen molar-refractivity contribution in [3.63, 3.8) is 0 Å². The van der Waals surface area contributed by atoms with Crippen LogP contribution in [-0.2, 0) is 9.53 Å². The summed E-state index contributed by atoms with van der Waals surface area (Å²) in [6.07, 6.45) is 0.290. The van der Waals surface area contributed by atoms with Gasteiger partial charge in [-0.05, 0) is 56.7 Å². The molecule has 0 saturated heterocycles. The summed E-state index contributed by atoms with van der Waals surface area (Å²) in [4.78, 5) is 37.0. The highest BCUT2D eigenvalue weighted by molar-refractivity contribution is 6.09. The number of aromatic nitrogens is 3. The zero-order valence-electron chi connectivity index (χ0n) is 22.3. The van der Waals surface area contributed by atoms with Gasteiger partial charge in [0.1, 0.15) is 36.1 Å². The Morgan fingerprint density at radius 2 is 1.95 bits per heavy atom. The van der Waals surface area contributed by atoms with Crippen molar-refractivity contribution in [1.82, 2.24) is 25.6 Å². The first kappa shape index (κ1) is 27.9. The number of nitrogens with one attached hydrogen (secondary N) is 3. The molecule has 2 aromatic heterocycles. The number of H-pyrrole nitrogens is 1. The summed E-state index contributed by atoms with van der Waals surface area (Å²) in [5.74, 6) is 0.0537. The quantitative estimate of drug-likeness (QED) is 0.339. The maximum absolute atomic E-state index is 15.0. The van der Waals surface area contributed by atoms with Crippen molar-refractivity contribution >= 4 is 22.8 Å². The molecule has 3 atom stereocenters. The van der Waals surface area contributed by atoms with E-state index in [9.17, 15) is 18.4 Å². The number of nitrogens with zero attached hydrogens (tertiary/aromatic N) is 2. The second-order valence-electron chi connectivity index (χ2n) is 10.5.